The van der Waals surface area contributed by atoms with Gasteiger partial charge in [-0.15, -0.1) is 0 Å². The maximum Gasteiger partial charge on any atom is 0.417 e. The minimum atomic E-state index is -4.36. The Balaban J connectivity index is 2.05. The Hall–Kier alpha value is -1.83. The van der Waals surface area contributed by atoms with Gasteiger partial charge in [-0.3, -0.25) is 0 Å². The fourth-order valence-electron chi connectivity index (χ4n) is 1.59. The number of halogens is 3. The highest BCUT2D eigenvalue weighted by Crippen LogP contribution is 2.30. The standard InChI is InChI=1S/C13H13F3N4S/c1-8-5-10(17-2)20-11(19-8)7-21-12-4-3-9(6-18-12)13(14,15)16/h3-6H,7H2,1-2H3,(H,17,19,20). The van der Waals surface area contributed by atoms with E-state index in [0.29, 0.717) is 22.4 Å². The minimum Gasteiger partial charge on any atom is -0.373 e. The molecule has 0 aromatic carbocycles. The molecule has 0 aliphatic heterocycles. The lowest BCUT2D eigenvalue weighted by molar-refractivity contribution is -0.137. The van der Waals surface area contributed by atoms with E-state index in [1.54, 1.807) is 7.05 Å². The van der Waals surface area contributed by atoms with Crippen LogP contribution in [0, 0.1) is 6.92 Å². The van der Waals surface area contributed by atoms with E-state index in [4.69, 9.17) is 0 Å². The molecule has 8 heteroatoms. The first-order chi connectivity index (χ1) is 9.88. The summed E-state index contributed by atoms with van der Waals surface area (Å²) in [6.07, 6.45) is -3.53. The van der Waals surface area contributed by atoms with Crippen molar-refractivity contribution in [2.75, 3.05) is 12.4 Å². The van der Waals surface area contributed by atoms with Crippen molar-refractivity contribution in [1.29, 1.82) is 0 Å². The van der Waals surface area contributed by atoms with Crippen LogP contribution >= 0.6 is 11.8 Å². The van der Waals surface area contributed by atoms with E-state index in [1.165, 1.54) is 17.8 Å². The average Bonchev–Trinajstić information content (AvgIpc) is 2.44. The number of nitrogens with zero attached hydrogens (tertiary/aromatic N) is 3. The second-order valence-corrected chi connectivity index (χ2v) is 5.23. The smallest absolute Gasteiger partial charge is 0.373 e. The third kappa shape index (κ3) is 4.32. The highest BCUT2D eigenvalue weighted by molar-refractivity contribution is 7.98. The van der Waals surface area contributed by atoms with Crippen LogP contribution in [0.2, 0.25) is 0 Å². The van der Waals surface area contributed by atoms with Crippen LogP contribution in [0.3, 0.4) is 0 Å². The van der Waals surface area contributed by atoms with Crippen LogP contribution in [-0.4, -0.2) is 22.0 Å². The van der Waals surface area contributed by atoms with Gasteiger partial charge in [0, 0.05) is 25.0 Å². The number of anilines is 1. The predicted octanol–water partition coefficient (Wildman–Crippen LogP) is 3.53. The molecule has 0 aliphatic rings. The summed E-state index contributed by atoms with van der Waals surface area (Å²) in [7, 11) is 1.76. The molecule has 0 atom stereocenters. The lowest BCUT2D eigenvalue weighted by atomic mass is 10.3. The molecule has 0 spiro atoms. The Bertz CT molecular complexity index is 614. The predicted molar refractivity (Wildman–Crippen MR) is 75.1 cm³/mol. The van der Waals surface area contributed by atoms with Crippen LogP contribution in [0.4, 0.5) is 19.0 Å². The summed E-state index contributed by atoms with van der Waals surface area (Å²) in [5.74, 6) is 1.75. The number of aryl methyl sites for hydroxylation is 1. The summed E-state index contributed by atoms with van der Waals surface area (Å²) < 4.78 is 37.3. The first-order valence-electron chi connectivity index (χ1n) is 6.07. The molecule has 0 saturated heterocycles. The molecule has 0 bridgehead atoms. The second-order valence-electron chi connectivity index (χ2n) is 4.23. The van der Waals surface area contributed by atoms with Gasteiger partial charge < -0.3 is 5.32 Å². The summed E-state index contributed by atoms with van der Waals surface area (Å²) in [5.41, 5.74) is 0.0708. The van der Waals surface area contributed by atoms with Crippen LogP contribution in [0.1, 0.15) is 17.1 Å². The van der Waals surface area contributed by atoms with Gasteiger partial charge in [0.15, 0.2) is 0 Å². The van der Waals surface area contributed by atoms with Crippen molar-refractivity contribution < 1.29 is 13.2 Å². The molecule has 0 unspecified atom stereocenters. The van der Waals surface area contributed by atoms with Crippen molar-refractivity contribution >= 4 is 17.6 Å². The van der Waals surface area contributed by atoms with E-state index in [0.717, 1.165) is 18.0 Å². The van der Waals surface area contributed by atoms with Crippen LogP contribution in [-0.2, 0) is 11.9 Å². The quantitative estimate of drug-likeness (QED) is 0.875. The van der Waals surface area contributed by atoms with Crippen molar-refractivity contribution in [3.63, 3.8) is 0 Å². The number of hydrogen-bond donors (Lipinski definition) is 1. The van der Waals surface area contributed by atoms with Gasteiger partial charge in [-0.25, -0.2) is 15.0 Å². The molecule has 21 heavy (non-hydrogen) atoms. The fourth-order valence-corrected chi connectivity index (χ4v) is 2.29. The molecule has 2 aromatic heterocycles. The molecule has 2 aromatic rings. The van der Waals surface area contributed by atoms with Crippen molar-refractivity contribution in [3.8, 4) is 0 Å². The van der Waals surface area contributed by atoms with Gasteiger partial charge in [0.2, 0.25) is 0 Å². The lowest BCUT2D eigenvalue weighted by Gasteiger charge is -2.07. The normalized spacial score (nSPS) is 11.5. The van der Waals surface area contributed by atoms with E-state index in [-0.39, 0.29) is 0 Å². The molecule has 0 aliphatic carbocycles. The van der Waals surface area contributed by atoms with Gasteiger partial charge in [-0.05, 0) is 19.1 Å². The molecule has 1 N–H and O–H groups in total. The van der Waals surface area contributed by atoms with Gasteiger partial charge in [0.05, 0.1) is 16.3 Å². The monoisotopic (exact) mass is 314 g/mol. The van der Waals surface area contributed by atoms with Gasteiger partial charge in [0.1, 0.15) is 11.6 Å². The fraction of sp³-hybridized carbons (Fsp3) is 0.308. The van der Waals surface area contributed by atoms with E-state index in [9.17, 15) is 13.2 Å². The first kappa shape index (κ1) is 15.6. The van der Waals surface area contributed by atoms with Gasteiger partial charge in [0.25, 0.3) is 0 Å². The van der Waals surface area contributed by atoms with E-state index < -0.39 is 11.7 Å². The average molecular weight is 314 g/mol. The van der Waals surface area contributed by atoms with Gasteiger partial charge >= 0.3 is 6.18 Å². The molecule has 2 rings (SSSR count). The molecular formula is C13H13F3N4S. The summed E-state index contributed by atoms with van der Waals surface area (Å²) in [6.45, 7) is 1.85. The maximum absolute atomic E-state index is 12.4. The number of nitrogens with one attached hydrogen (secondary N) is 1. The van der Waals surface area contributed by atoms with Crippen LogP contribution in [0.25, 0.3) is 0 Å². The van der Waals surface area contributed by atoms with Crippen LogP contribution in [0.5, 0.6) is 0 Å². The zero-order valence-electron chi connectivity index (χ0n) is 11.4. The SMILES string of the molecule is CNc1cc(C)nc(CSc2ccc(C(F)(F)F)cn2)n1. The van der Waals surface area contributed by atoms with Crippen LogP contribution in [0.15, 0.2) is 29.4 Å². The van der Waals surface area contributed by atoms with Crippen molar-refractivity contribution in [1.82, 2.24) is 15.0 Å². The number of pyridine rings is 1. The third-order valence-electron chi connectivity index (χ3n) is 2.57. The second kappa shape index (κ2) is 6.30. The summed E-state index contributed by atoms with van der Waals surface area (Å²) in [5, 5.41) is 3.43. The molecule has 0 radical (unpaired) electrons. The highest BCUT2D eigenvalue weighted by atomic mass is 32.2. The van der Waals surface area contributed by atoms with Gasteiger partial charge in [-0.2, -0.15) is 13.2 Å². The number of alkyl halides is 3. The summed E-state index contributed by atoms with van der Waals surface area (Å²) >= 11 is 1.29. The molecular weight excluding hydrogens is 301 g/mol. The number of aromatic nitrogens is 3. The Labute approximate surface area is 124 Å². The first-order valence-corrected chi connectivity index (χ1v) is 7.05. The number of thioether (sulfide) groups is 1. The topological polar surface area (TPSA) is 50.7 Å². The van der Waals surface area contributed by atoms with Crippen molar-refractivity contribution in [3.05, 3.63) is 41.5 Å². The Morgan fingerprint density at radius 1 is 1.24 bits per heavy atom. The van der Waals surface area contributed by atoms with Crippen LogP contribution < -0.4 is 5.32 Å². The summed E-state index contributed by atoms with van der Waals surface area (Å²) in [6, 6.07) is 4.18. The van der Waals surface area contributed by atoms with E-state index >= 15 is 0 Å². The number of hydrogen-bond acceptors (Lipinski definition) is 5. The molecule has 4 nitrogen and oxygen atoms in total. The number of rotatable bonds is 4. The minimum absolute atomic E-state index is 0.439. The van der Waals surface area contributed by atoms with Crippen molar-refractivity contribution in [2.24, 2.45) is 0 Å². The maximum atomic E-state index is 12.4. The van der Waals surface area contributed by atoms with E-state index in [2.05, 4.69) is 20.3 Å². The molecule has 0 amide bonds. The Kier molecular flexibility index (Phi) is 4.66. The Morgan fingerprint density at radius 3 is 2.57 bits per heavy atom. The zero-order valence-corrected chi connectivity index (χ0v) is 12.2. The molecule has 0 fully saturated rings. The molecule has 0 saturated carbocycles. The van der Waals surface area contributed by atoms with E-state index in [1.807, 2.05) is 13.0 Å². The molecule has 112 valence electrons. The highest BCUT2D eigenvalue weighted by Gasteiger charge is 2.30. The lowest BCUT2D eigenvalue weighted by Crippen LogP contribution is -2.05. The van der Waals surface area contributed by atoms with Crippen molar-refractivity contribution in [2.45, 2.75) is 23.9 Å². The Morgan fingerprint density at radius 2 is 2.00 bits per heavy atom. The summed E-state index contributed by atoms with van der Waals surface area (Å²) in [4.78, 5) is 12.3. The molecule has 2 heterocycles. The zero-order chi connectivity index (χ0) is 15.5. The third-order valence-corrected chi connectivity index (χ3v) is 3.51. The largest absolute Gasteiger partial charge is 0.417 e. The van der Waals surface area contributed by atoms with Gasteiger partial charge in [-0.1, -0.05) is 11.8 Å².